The number of hydrogen-bond acceptors (Lipinski definition) is 5. The number of nitrogens with one attached hydrogen (secondary N) is 1. The molecule has 2 aromatic heterocycles. The van der Waals surface area contributed by atoms with Crippen molar-refractivity contribution in [2.24, 2.45) is 5.92 Å². The molecule has 7 nitrogen and oxygen atoms in total. The van der Waals surface area contributed by atoms with Gasteiger partial charge in [0.25, 0.3) is 0 Å². The standard InChI is InChI=1S/C26H27FN6O/c1-17-23-18(2)33(22-11-4-3-5-12-22)31-24(23)25(30-29-17)32-13-7-9-20(16-32)26(34)28-15-19-8-6-10-21(27)14-19/h3-6,8,10-12,14,20H,7,9,13,15-16H2,1-2H3,(H,28,34)/t20-/m1/s1. The van der Waals surface area contributed by atoms with E-state index in [0.29, 0.717) is 18.9 Å². The molecule has 0 aliphatic carbocycles. The first-order valence-corrected chi connectivity index (χ1v) is 11.6. The van der Waals surface area contributed by atoms with Crippen molar-refractivity contribution in [2.75, 3.05) is 18.0 Å². The number of nitrogens with zero attached hydrogens (tertiary/aromatic N) is 5. The van der Waals surface area contributed by atoms with Crippen molar-refractivity contribution in [1.82, 2.24) is 25.3 Å². The Kier molecular flexibility index (Phi) is 5.96. The summed E-state index contributed by atoms with van der Waals surface area (Å²) in [6.45, 7) is 5.63. The molecular weight excluding hydrogens is 431 g/mol. The number of fused-ring (bicyclic) bond motifs is 1. The van der Waals surface area contributed by atoms with Crippen LogP contribution in [-0.2, 0) is 11.3 Å². The summed E-state index contributed by atoms with van der Waals surface area (Å²) in [5.41, 5.74) is 4.37. The maximum atomic E-state index is 13.4. The van der Waals surface area contributed by atoms with Gasteiger partial charge in [-0.15, -0.1) is 5.10 Å². The summed E-state index contributed by atoms with van der Waals surface area (Å²) in [6.07, 6.45) is 1.67. The van der Waals surface area contributed by atoms with E-state index in [4.69, 9.17) is 5.10 Å². The molecule has 0 radical (unpaired) electrons. The zero-order valence-corrected chi connectivity index (χ0v) is 19.3. The van der Waals surface area contributed by atoms with Crippen LogP contribution in [0.15, 0.2) is 54.6 Å². The van der Waals surface area contributed by atoms with Crippen LogP contribution in [0.3, 0.4) is 0 Å². The molecular formula is C26H27FN6O. The number of anilines is 1. The highest BCUT2D eigenvalue weighted by molar-refractivity contribution is 5.92. The molecule has 34 heavy (non-hydrogen) atoms. The van der Waals surface area contributed by atoms with Gasteiger partial charge >= 0.3 is 0 Å². The zero-order valence-electron chi connectivity index (χ0n) is 19.3. The van der Waals surface area contributed by atoms with E-state index in [0.717, 1.165) is 52.9 Å². The highest BCUT2D eigenvalue weighted by Crippen LogP contribution is 2.31. The Morgan fingerprint density at radius 3 is 2.74 bits per heavy atom. The minimum Gasteiger partial charge on any atom is -0.352 e. The lowest BCUT2D eigenvalue weighted by molar-refractivity contribution is -0.125. The molecule has 1 atom stereocenters. The van der Waals surface area contributed by atoms with Gasteiger partial charge in [0.15, 0.2) is 5.82 Å². The van der Waals surface area contributed by atoms with Gasteiger partial charge in [-0.05, 0) is 56.5 Å². The maximum absolute atomic E-state index is 13.4. The molecule has 1 aliphatic heterocycles. The number of aromatic nitrogens is 4. The first-order valence-electron chi connectivity index (χ1n) is 11.6. The third-order valence-electron chi connectivity index (χ3n) is 6.43. The SMILES string of the molecule is Cc1nnc(N2CCC[C@@H](C(=O)NCc3cccc(F)c3)C2)c2nn(-c3ccccc3)c(C)c12. The molecule has 3 heterocycles. The molecule has 1 aliphatic rings. The Labute approximate surface area is 197 Å². The van der Waals surface area contributed by atoms with Crippen molar-refractivity contribution in [3.05, 3.63) is 77.4 Å². The smallest absolute Gasteiger partial charge is 0.225 e. The molecule has 0 spiro atoms. The lowest BCUT2D eigenvalue weighted by Gasteiger charge is -2.32. The number of carbonyl (C=O) groups excluding carboxylic acids is 1. The van der Waals surface area contributed by atoms with E-state index in [1.54, 1.807) is 12.1 Å². The maximum Gasteiger partial charge on any atom is 0.225 e. The summed E-state index contributed by atoms with van der Waals surface area (Å²) >= 11 is 0. The van der Waals surface area contributed by atoms with Crippen LogP contribution in [0, 0.1) is 25.6 Å². The van der Waals surface area contributed by atoms with Crippen LogP contribution in [0.5, 0.6) is 0 Å². The number of benzene rings is 2. The number of para-hydroxylation sites is 1. The molecule has 8 heteroatoms. The lowest BCUT2D eigenvalue weighted by Crippen LogP contribution is -2.43. The van der Waals surface area contributed by atoms with Crippen molar-refractivity contribution in [3.63, 3.8) is 0 Å². The van der Waals surface area contributed by atoms with Gasteiger partial charge in [-0.25, -0.2) is 9.07 Å². The molecule has 174 valence electrons. The van der Waals surface area contributed by atoms with Gasteiger partial charge in [-0.3, -0.25) is 4.79 Å². The lowest BCUT2D eigenvalue weighted by atomic mass is 9.97. The summed E-state index contributed by atoms with van der Waals surface area (Å²) in [7, 11) is 0. The molecule has 0 unspecified atom stereocenters. The third-order valence-corrected chi connectivity index (χ3v) is 6.43. The number of amides is 1. The van der Waals surface area contributed by atoms with Gasteiger partial charge < -0.3 is 10.2 Å². The number of rotatable bonds is 5. The summed E-state index contributed by atoms with van der Waals surface area (Å²) in [6, 6.07) is 16.3. The molecule has 5 rings (SSSR count). The summed E-state index contributed by atoms with van der Waals surface area (Å²) in [4.78, 5) is 15.0. The number of carbonyl (C=O) groups is 1. The summed E-state index contributed by atoms with van der Waals surface area (Å²) in [5.74, 6) is 0.192. The van der Waals surface area contributed by atoms with E-state index in [1.165, 1.54) is 12.1 Å². The highest BCUT2D eigenvalue weighted by atomic mass is 19.1. The molecule has 1 N–H and O–H groups in total. The van der Waals surface area contributed by atoms with Gasteiger partial charge in [0.2, 0.25) is 5.91 Å². The number of halogens is 1. The Morgan fingerprint density at radius 2 is 1.94 bits per heavy atom. The number of piperidine rings is 1. The summed E-state index contributed by atoms with van der Waals surface area (Å²) in [5, 5.41) is 17.8. The number of hydrogen-bond donors (Lipinski definition) is 1. The zero-order chi connectivity index (χ0) is 23.7. The molecule has 0 saturated carbocycles. The molecule has 2 aromatic carbocycles. The fraction of sp³-hybridized carbons (Fsp3) is 0.308. The second-order valence-electron chi connectivity index (χ2n) is 8.80. The van der Waals surface area contributed by atoms with Gasteiger partial charge in [0.1, 0.15) is 11.3 Å². The van der Waals surface area contributed by atoms with Crippen LogP contribution in [0.4, 0.5) is 10.2 Å². The van der Waals surface area contributed by atoms with Gasteiger partial charge in [-0.2, -0.15) is 10.2 Å². The largest absolute Gasteiger partial charge is 0.352 e. The quantitative estimate of drug-likeness (QED) is 0.487. The van der Waals surface area contributed by atoms with Crippen molar-refractivity contribution in [3.8, 4) is 5.69 Å². The Bertz CT molecular complexity index is 1340. The van der Waals surface area contributed by atoms with Gasteiger partial charge in [-0.1, -0.05) is 30.3 Å². The van der Waals surface area contributed by atoms with Crippen molar-refractivity contribution in [1.29, 1.82) is 0 Å². The van der Waals surface area contributed by atoms with E-state index in [1.807, 2.05) is 48.9 Å². The molecule has 4 aromatic rings. The van der Waals surface area contributed by atoms with E-state index in [2.05, 4.69) is 20.4 Å². The highest BCUT2D eigenvalue weighted by Gasteiger charge is 2.29. The second-order valence-corrected chi connectivity index (χ2v) is 8.80. The second kappa shape index (κ2) is 9.21. The monoisotopic (exact) mass is 458 g/mol. The minimum atomic E-state index is -0.303. The Balaban J connectivity index is 1.39. The van der Waals surface area contributed by atoms with Crippen LogP contribution in [-0.4, -0.2) is 39.0 Å². The minimum absolute atomic E-state index is 0.0312. The van der Waals surface area contributed by atoms with Gasteiger partial charge in [0.05, 0.1) is 28.4 Å². The first kappa shape index (κ1) is 22.0. The molecule has 1 saturated heterocycles. The van der Waals surface area contributed by atoms with Gasteiger partial charge in [0, 0.05) is 19.6 Å². The van der Waals surface area contributed by atoms with E-state index in [-0.39, 0.29) is 17.6 Å². The van der Waals surface area contributed by atoms with Crippen molar-refractivity contribution < 1.29 is 9.18 Å². The predicted molar refractivity (Wildman–Crippen MR) is 129 cm³/mol. The number of aryl methyl sites for hydroxylation is 2. The Hall–Kier alpha value is -3.81. The molecule has 1 amide bonds. The third kappa shape index (κ3) is 4.23. The summed E-state index contributed by atoms with van der Waals surface area (Å²) < 4.78 is 15.4. The van der Waals surface area contributed by atoms with Crippen molar-refractivity contribution in [2.45, 2.75) is 33.2 Å². The van der Waals surface area contributed by atoms with E-state index < -0.39 is 0 Å². The topological polar surface area (TPSA) is 75.9 Å². The molecule has 1 fully saturated rings. The normalized spacial score (nSPS) is 16.1. The fourth-order valence-corrected chi connectivity index (χ4v) is 4.71. The van der Waals surface area contributed by atoms with Crippen LogP contribution in [0.25, 0.3) is 16.6 Å². The Morgan fingerprint density at radius 1 is 1.12 bits per heavy atom. The van der Waals surface area contributed by atoms with Crippen molar-refractivity contribution >= 4 is 22.6 Å². The average Bonchev–Trinajstić information content (AvgIpc) is 3.21. The molecule has 0 bridgehead atoms. The average molecular weight is 459 g/mol. The first-order chi connectivity index (χ1) is 16.5. The fourth-order valence-electron chi connectivity index (χ4n) is 4.71. The van der Waals surface area contributed by atoms with Crippen LogP contribution < -0.4 is 10.2 Å². The van der Waals surface area contributed by atoms with Crippen LogP contribution >= 0.6 is 0 Å². The van der Waals surface area contributed by atoms with Crippen LogP contribution in [0.2, 0.25) is 0 Å². The predicted octanol–water partition coefficient (Wildman–Crippen LogP) is 4.10. The van der Waals surface area contributed by atoms with Crippen LogP contribution in [0.1, 0.15) is 29.8 Å². The van der Waals surface area contributed by atoms with E-state index in [9.17, 15) is 9.18 Å². The van der Waals surface area contributed by atoms with E-state index >= 15 is 0 Å².